The van der Waals surface area contributed by atoms with Gasteiger partial charge in [0.15, 0.2) is 10.8 Å². The van der Waals surface area contributed by atoms with Crippen LogP contribution in [0.4, 0.5) is 21.4 Å². The van der Waals surface area contributed by atoms with Crippen molar-refractivity contribution in [3.63, 3.8) is 0 Å². The smallest absolute Gasteiger partial charge is 0.410 e. The number of para-hydroxylation sites is 1. The SMILES string of the molecule is CNCCCC(NC)C(=O)Nc1ccc(COC(=O)N2CCC(N(CCCP(=O)(O)O)CCOC34CC(C)(C)CC(C)(CC(C)(CN/C(C)=C(\C=N)c5ccc(N6CCc7cccc(C(=O)Nc8nc9ccccc9s8)c7C6)nc5C(=O)O)C3)C4)CC2)cc1. The molecular formula is C66H90N11O10PS. The summed E-state index contributed by atoms with van der Waals surface area (Å²) < 4.78 is 26.0. The summed E-state index contributed by atoms with van der Waals surface area (Å²) in [6.45, 7) is 15.9. The average Bonchev–Trinajstić information content (AvgIpc) is 1.74. The predicted octanol–water partition coefficient (Wildman–Crippen LogP) is 10.1. The first-order valence-electron chi connectivity index (χ1n) is 31.2. The van der Waals surface area contributed by atoms with Gasteiger partial charge < -0.3 is 60.8 Å². The molecule has 3 aromatic carbocycles. The van der Waals surface area contributed by atoms with E-state index < -0.39 is 25.3 Å². The molecule has 2 aliphatic carbocycles. The van der Waals surface area contributed by atoms with E-state index in [2.05, 4.69) is 64.2 Å². The molecule has 3 fully saturated rings. The quantitative estimate of drug-likeness (QED) is 0.0134. The number of carboxylic acid groups (broad SMARTS) is 1. The first-order chi connectivity index (χ1) is 42.4. The third-order valence-electron chi connectivity index (χ3n) is 18.2. The van der Waals surface area contributed by atoms with Gasteiger partial charge in [-0.05, 0) is 180 Å². The highest BCUT2D eigenvalue weighted by atomic mass is 32.1. The zero-order chi connectivity index (χ0) is 63.7. The van der Waals surface area contributed by atoms with E-state index in [0.717, 1.165) is 72.0 Å². The number of anilines is 3. The van der Waals surface area contributed by atoms with Crippen LogP contribution in [0.25, 0.3) is 15.8 Å². The van der Waals surface area contributed by atoms with E-state index in [1.807, 2.05) is 67.4 Å². The number of hydrogen-bond acceptors (Lipinski definition) is 16. The van der Waals surface area contributed by atoms with E-state index >= 15 is 0 Å². The molecule has 0 radical (unpaired) electrons. The number of carbonyl (C=O) groups is 4. The molecule has 23 heteroatoms. The fourth-order valence-electron chi connectivity index (χ4n) is 15.1. The van der Waals surface area contributed by atoms with Gasteiger partial charge in [0.1, 0.15) is 12.4 Å². The number of rotatable bonds is 27. The molecule has 9 rings (SSSR count). The van der Waals surface area contributed by atoms with Crippen LogP contribution in [0.1, 0.15) is 142 Å². The summed E-state index contributed by atoms with van der Waals surface area (Å²) in [5, 5.41) is 35.6. The predicted molar refractivity (Wildman–Crippen MR) is 350 cm³/mol. The molecule has 2 aromatic heterocycles. The van der Waals surface area contributed by atoms with Gasteiger partial charge in [-0.1, -0.05) is 75.4 Å². The molecular weight excluding hydrogens is 1170 g/mol. The maximum absolute atomic E-state index is 13.8. The Morgan fingerprint density at radius 2 is 1.64 bits per heavy atom. The van der Waals surface area contributed by atoms with Crippen molar-refractivity contribution in [1.82, 2.24) is 35.7 Å². The van der Waals surface area contributed by atoms with E-state index in [1.165, 1.54) is 17.6 Å². The zero-order valence-corrected chi connectivity index (χ0v) is 54.3. The van der Waals surface area contributed by atoms with Gasteiger partial charge >= 0.3 is 19.7 Å². The number of piperidine rings is 1. The second-order valence-electron chi connectivity index (χ2n) is 26.5. The number of aromatic nitrogens is 2. The van der Waals surface area contributed by atoms with E-state index in [9.17, 15) is 38.6 Å². The number of hydrogen-bond donors (Lipinski definition) is 9. The van der Waals surface area contributed by atoms with Gasteiger partial charge in [0.2, 0.25) is 5.91 Å². The Kier molecular flexibility index (Phi) is 21.5. The lowest BCUT2D eigenvalue weighted by Gasteiger charge is -2.61. The second-order valence-corrected chi connectivity index (χ2v) is 29.3. The highest BCUT2D eigenvalue weighted by Gasteiger charge is 2.58. The highest BCUT2D eigenvalue weighted by molar-refractivity contribution is 7.51. The van der Waals surface area contributed by atoms with Crippen LogP contribution in [0.15, 0.2) is 84.6 Å². The van der Waals surface area contributed by atoms with Gasteiger partial charge in [-0.15, -0.1) is 0 Å². The minimum atomic E-state index is -4.23. The Morgan fingerprint density at radius 1 is 0.876 bits per heavy atom. The third-order valence-corrected chi connectivity index (χ3v) is 20.1. The molecule has 480 valence electrons. The first-order valence-corrected chi connectivity index (χ1v) is 33.8. The van der Waals surface area contributed by atoms with Crippen LogP contribution in [-0.2, 0) is 38.4 Å². The Balaban J connectivity index is 0.822. The van der Waals surface area contributed by atoms with Crippen LogP contribution in [0.3, 0.4) is 0 Å². The molecule has 2 aliphatic heterocycles. The number of thiazole rings is 1. The fourth-order valence-corrected chi connectivity index (χ4v) is 16.5. The number of likely N-dealkylation sites (tertiary alicyclic amines) is 1. The lowest BCUT2D eigenvalue weighted by atomic mass is 9.48. The summed E-state index contributed by atoms with van der Waals surface area (Å²) in [6, 6.07) is 23.9. The largest absolute Gasteiger partial charge is 0.476 e. The molecule has 9 N–H and O–H groups in total. The molecule has 2 bridgehead atoms. The van der Waals surface area contributed by atoms with Gasteiger partial charge in [0, 0.05) is 79.6 Å². The van der Waals surface area contributed by atoms with Gasteiger partial charge in [-0.25, -0.2) is 19.6 Å². The van der Waals surface area contributed by atoms with Gasteiger partial charge in [0.25, 0.3) is 5.91 Å². The van der Waals surface area contributed by atoms with Crippen molar-refractivity contribution >= 4 is 81.5 Å². The number of ether oxygens (including phenoxy) is 2. The summed E-state index contributed by atoms with van der Waals surface area (Å²) in [6.07, 6.45) is 8.78. The molecule has 89 heavy (non-hydrogen) atoms. The summed E-state index contributed by atoms with van der Waals surface area (Å²) in [5.74, 6) is -1.14. The monoisotopic (exact) mass is 1260 g/mol. The molecule has 4 aliphatic rings. The summed E-state index contributed by atoms with van der Waals surface area (Å²) in [5.41, 5.74) is 5.07. The van der Waals surface area contributed by atoms with Crippen LogP contribution >= 0.6 is 18.9 Å². The van der Waals surface area contributed by atoms with Crippen molar-refractivity contribution in [3.8, 4) is 0 Å². The van der Waals surface area contributed by atoms with Gasteiger partial charge in [-0.2, -0.15) is 0 Å². The maximum atomic E-state index is 13.8. The van der Waals surface area contributed by atoms with Crippen molar-refractivity contribution in [3.05, 3.63) is 118 Å². The molecule has 21 nitrogen and oxygen atoms in total. The van der Waals surface area contributed by atoms with Crippen LogP contribution in [0, 0.1) is 21.7 Å². The van der Waals surface area contributed by atoms with Crippen LogP contribution in [0.5, 0.6) is 0 Å². The molecule has 3 amide bonds. The van der Waals surface area contributed by atoms with Crippen LogP contribution in [-0.4, -0.2) is 155 Å². The number of carbonyl (C=O) groups excluding carboxylic acids is 3. The van der Waals surface area contributed by atoms with Crippen LogP contribution < -0.4 is 31.5 Å². The number of amides is 3. The van der Waals surface area contributed by atoms with Crippen LogP contribution in [0.2, 0.25) is 0 Å². The summed E-state index contributed by atoms with van der Waals surface area (Å²) in [7, 11) is -0.574. The third kappa shape index (κ3) is 17.3. The maximum Gasteiger partial charge on any atom is 0.410 e. The van der Waals surface area contributed by atoms with Gasteiger partial charge in [-0.3, -0.25) is 24.4 Å². The molecule has 5 aromatic rings. The van der Waals surface area contributed by atoms with Crippen molar-refractivity contribution in [2.75, 3.05) is 88.2 Å². The number of carboxylic acids is 1. The molecule has 4 unspecified atom stereocenters. The van der Waals surface area contributed by atoms with E-state index in [-0.39, 0.29) is 58.6 Å². The molecule has 0 spiro atoms. The summed E-state index contributed by atoms with van der Waals surface area (Å²) in [4.78, 5) is 88.1. The lowest BCUT2D eigenvalue weighted by Crippen LogP contribution is -2.58. The Morgan fingerprint density at radius 3 is 2.35 bits per heavy atom. The molecule has 4 heterocycles. The number of aromatic carboxylic acids is 1. The number of nitrogens with one attached hydrogen (secondary N) is 6. The second kappa shape index (κ2) is 28.7. The molecule has 2 saturated carbocycles. The highest BCUT2D eigenvalue weighted by Crippen LogP contribution is 2.63. The number of likely N-dealkylation sites (N-methyl/N-ethyl adjacent to an activating group) is 1. The van der Waals surface area contributed by atoms with Crippen molar-refractivity contribution in [1.29, 1.82) is 5.41 Å². The van der Waals surface area contributed by atoms with Gasteiger partial charge in [0.05, 0.1) is 34.6 Å². The number of fused-ring (bicyclic) bond motifs is 4. The zero-order valence-electron chi connectivity index (χ0n) is 52.6. The minimum absolute atomic E-state index is 0.00275. The normalized spacial score (nSPS) is 21.6. The number of allylic oxidation sites excluding steroid dienone is 2. The lowest BCUT2D eigenvalue weighted by molar-refractivity contribution is -0.192. The minimum Gasteiger partial charge on any atom is -0.476 e. The number of benzene rings is 3. The van der Waals surface area contributed by atoms with E-state index in [0.29, 0.717) is 124 Å². The molecule has 1 saturated heterocycles. The topological polar surface area (TPSA) is 284 Å². The Bertz CT molecular complexity index is 3400. The number of pyridine rings is 1. The molecule has 4 atom stereocenters. The Hall–Kier alpha value is -6.62. The first kappa shape index (κ1) is 66.8. The Labute approximate surface area is 526 Å². The van der Waals surface area contributed by atoms with Crippen molar-refractivity contribution in [2.24, 2.45) is 16.2 Å². The van der Waals surface area contributed by atoms with Crippen molar-refractivity contribution < 1.29 is 48.1 Å². The van der Waals surface area contributed by atoms with E-state index in [1.54, 1.807) is 42.3 Å². The number of nitrogens with zero attached hydrogens (tertiary/aromatic N) is 5. The standard InChI is InChI=1S/C66H90N11O10PS/c1-44(51(35-67)49-22-23-56(73-57(49)60(80)81)77-29-24-46-13-10-14-50(52(46)36-77)58(78)74-61-72-53-15-8-9-17-55(53)89-61)70-43-65(5)40-64(4)38-63(2,3)39-66(41-64,42-65)87-33-32-75(28-12-34-88(83,84)85)48-25-30-76(31-26-48)62(82)86-37-45-18-20-47(21-19-45)71-59(79)54(69-7)16-11-27-68-6/h8-10,13-15,17-23,35,48,54,67-70H,11-12,16,24-34,36-43H2,1-7H3,(H,71,79)(H,80,81)(H,72,74,78)(H2,83,84,85)/b51-44+,67-35?. The summed E-state index contributed by atoms with van der Waals surface area (Å²) >= 11 is 1.41. The van der Waals surface area contributed by atoms with E-state index in [4.69, 9.17) is 19.9 Å². The fraction of sp³-hybridized carbons (Fsp3) is 0.530. The average molecular weight is 1260 g/mol. The van der Waals surface area contributed by atoms with Crippen molar-refractivity contribution in [2.45, 2.75) is 136 Å².